The summed E-state index contributed by atoms with van der Waals surface area (Å²) in [6.45, 7) is 8.01. The predicted octanol–water partition coefficient (Wildman–Crippen LogP) is 3.86. The van der Waals surface area contributed by atoms with Crippen LogP contribution in [0.2, 0.25) is 0 Å². The number of hydrogen-bond donors (Lipinski definition) is 2. The Bertz CT molecular complexity index is 335. The summed E-state index contributed by atoms with van der Waals surface area (Å²) in [7, 11) is 0. The van der Waals surface area contributed by atoms with Gasteiger partial charge in [-0.25, -0.2) is 9.59 Å². The van der Waals surface area contributed by atoms with Gasteiger partial charge in [0.2, 0.25) is 0 Å². The standard InChI is InChI=1S/C15H26O4/c1-5-9-11(12(13(16)17)14(18)19)15(7-3,8-4)10-6-2/h5-10H2,1-4H3,(H,16,17)(H,18,19). The summed E-state index contributed by atoms with van der Waals surface area (Å²) in [4.78, 5) is 22.6. The van der Waals surface area contributed by atoms with Crippen LogP contribution < -0.4 is 0 Å². The molecule has 2 N–H and O–H groups in total. The molecule has 0 aromatic carbocycles. The topological polar surface area (TPSA) is 74.6 Å². The number of carboxylic acids is 2. The van der Waals surface area contributed by atoms with Gasteiger partial charge >= 0.3 is 11.9 Å². The number of rotatable bonds is 9. The van der Waals surface area contributed by atoms with Crippen LogP contribution in [-0.4, -0.2) is 22.2 Å². The largest absolute Gasteiger partial charge is 0.477 e. The molecule has 4 nitrogen and oxygen atoms in total. The maximum Gasteiger partial charge on any atom is 0.343 e. The highest BCUT2D eigenvalue weighted by atomic mass is 16.4. The lowest BCUT2D eigenvalue weighted by atomic mass is 9.69. The molecule has 0 aliphatic heterocycles. The van der Waals surface area contributed by atoms with E-state index in [1.54, 1.807) is 0 Å². The van der Waals surface area contributed by atoms with Crippen molar-refractivity contribution in [2.24, 2.45) is 5.41 Å². The Balaban J connectivity index is 6.03. The van der Waals surface area contributed by atoms with Gasteiger partial charge < -0.3 is 10.2 Å². The van der Waals surface area contributed by atoms with Crippen molar-refractivity contribution >= 4 is 11.9 Å². The van der Waals surface area contributed by atoms with E-state index in [4.69, 9.17) is 0 Å². The Morgan fingerprint density at radius 2 is 1.37 bits per heavy atom. The van der Waals surface area contributed by atoms with Crippen LogP contribution in [0.25, 0.3) is 0 Å². The molecule has 0 aromatic heterocycles. The normalized spacial score (nSPS) is 11.2. The zero-order valence-corrected chi connectivity index (χ0v) is 12.5. The molecule has 19 heavy (non-hydrogen) atoms. The minimum Gasteiger partial charge on any atom is -0.477 e. The maximum atomic E-state index is 11.3. The fourth-order valence-corrected chi connectivity index (χ4v) is 2.91. The molecule has 0 aliphatic carbocycles. The first kappa shape index (κ1) is 17.7. The average molecular weight is 270 g/mol. The van der Waals surface area contributed by atoms with Crippen LogP contribution in [0.5, 0.6) is 0 Å². The zero-order valence-electron chi connectivity index (χ0n) is 12.5. The Morgan fingerprint density at radius 3 is 1.63 bits per heavy atom. The molecule has 0 radical (unpaired) electrons. The Labute approximate surface area is 115 Å². The van der Waals surface area contributed by atoms with E-state index in [0.29, 0.717) is 12.0 Å². The van der Waals surface area contributed by atoms with Crippen LogP contribution in [0.15, 0.2) is 11.1 Å². The van der Waals surface area contributed by atoms with Gasteiger partial charge in [-0.3, -0.25) is 0 Å². The van der Waals surface area contributed by atoms with Crippen molar-refractivity contribution in [2.75, 3.05) is 0 Å². The van der Waals surface area contributed by atoms with E-state index < -0.39 is 17.5 Å². The number of carbonyl (C=O) groups is 2. The van der Waals surface area contributed by atoms with Gasteiger partial charge in [-0.05, 0) is 36.7 Å². The monoisotopic (exact) mass is 270 g/mol. The van der Waals surface area contributed by atoms with Gasteiger partial charge in [0.15, 0.2) is 0 Å². The van der Waals surface area contributed by atoms with Gasteiger partial charge in [0.05, 0.1) is 0 Å². The second-order valence-electron chi connectivity index (χ2n) is 4.95. The molecule has 0 unspecified atom stereocenters. The molecule has 0 fully saturated rings. The van der Waals surface area contributed by atoms with Crippen molar-refractivity contribution in [1.82, 2.24) is 0 Å². The molecule has 110 valence electrons. The Kier molecular flexibility index (Phi) is 7.42. The zero-order chi connectivity index (χ0) is 15.1. The highest BCUT2D eigenvalue weighted by Crippen LogP contribution is 2.43. The molecule has 0 bridgehead atoms. The fourth-order valence-electron chi connectivity index (χ4n) is 2.91. The molecule has 0 aromatic rings. The summed E-state index contributed by atoms with van der Waals surface area (Å²) in [5, 5.41) is 18.4. The maximum absolute atomic E-state index is 11.3. The van der Waals surface area contributed by atoms with Gasteiger partial charge in [-0.2, -0.15) is 0 Å². The van der Waals surface area contributed by atoms with Gasteiger partial charge in [0.1, 0.15) is 5.57 Å². The first-order valence-corrected chi connectivity index (χ1v) is 7.10. The summed E-state index contributed by atoms with van der Waals surface area (Å²) in [5.74, 6) is -2.64. The highest BCUT2D eigenvalue weighted by molar-refractivity contribution is 6.13. The molecule has 0 rings (SSSR count). The molecule has 0 saturated heterocycles. The van der Waals surface area contributed by atoms with Crippen molar-refractivity contribution in [3.8, 4) is 0 Å². The quantitative estimate of drug-likeness (QED) is 0.379. The molecule has 0 aliphatic rings. The summed E-state index contributed by atoms with van der Waals surface area (Å²) in [6, 6.07) is 0. The molecule has 0 heterocycles. The summed E-state index contributed by atoms with van der Waals surface area (Å²) >= 11 is 0. The second kappa shape index (κ2) is 7.97. The third-order valence-corrected chi connectivity index (χ3v) is 3.95. The van der Waals surface area contributed by atoms with E-state index >= 15 is 0 Å². The Morgan fingerprint density at radius 1 is 0.895 bits per heavy atom. The smallest absolute Gasteiger partial charge is 0.343 e. The minimum atomic E-state index is -1.32. The molecule has 0 spiro atoms. The number of allylic oxidation sites excluding steroid dienone is 1. The molecule has 0 atom stereocenters. The van der Waals surface area contributed by atoms with E-state index in [9.17, 15) is 19.8 Å². The lowest BCUT2D eigenvalue weighted by molar-refractivity contribution is -0.140. The first-order valence-electron chi connectivity index (χ1n) is 7.10. The minimum absolute atomic E-state index is 0.295. The Hall–Kier alpha value is -1.32. The van der Waals surface area contributed by atoms with Crippen LogP contribution >= 0.6 is 0 Å². The van der Waals surface area contributed by atoms with E-state index in [1.165, 1.54) is 0 Å². The summed E-state index contributed by atoms with van der Waals surface area (Å²) < 4.78 is 0. The number of hydrogen-bond acceptors (Lipinski definition) is 2. The summed E-state index contributed by atoms with van der Waals surface area (Å²) in [5.41, 5.74) is -0.0995. The van der Waals surface area contributed by atoms with Crippen molar-refractivity contribution in [3.05, 3.63) is 11.1 Å². The lowest BCUT2D eigenvalue weighted by Gasteiger charge is -2.35. The van der Waals surface area contributed by atoms with E-state index in [1.807, 2.05) is 27.7 Å². The SMILES string of the molecule is CCCC(=C(C(=O)O)C(=O)O)C(CC)(CC)CCC. The van der Waals surface area contributed by atoms with E-state index in [-0.39, 0.29) is 5.41 Å². The third kappa shape index (κ3) is 4.08. The molecule has 4 heteroatoms. The average Bonchev–Trinajstić information content (AvgIpc) is 2.35. The van der Waals surface area contributed by atoms with Gasteiger partial charge in [0, 0.05) is 0 Å². The molecular weight excluding hydrogens is 244 g/mol. The van der Waals surface area contributed by atoms with Crippen molar-refractivity contribution in [1.29, 1.82) is 0 Å². The van der Waals surface area contributed by atoms with E-state index in [0.717, 1.165) is 32.1 Å². The van der Waals surface area contributed by atoms with Crippen LogP contribution in [0, 0.1) is 5.41 Å². The van der Waals surface area contributed by atoms with Crippen LogP contribution in [0.1, 0.15) is 66.2 Å². The van der Waals surface area contributed by atoms with Crippen molar-refractivity contribution < 1.29 is 19.8 Å². The van der Waals surface area contributed by atoms with Gasteiger partial charge in [0.25, 0.3) is 0 Å². The number of carboxylic acid groups (broad SMARTS) is 2. The fraction of sp³-hybridized carbons (Fsp3) is 0.733. The number of aliphatic carboxylic acids is 2. The molecular formula is C15H26O4. The van der Waals surface area contributed by atoms with Crippen molar-refractivity contribution in [3.63, 3.8) is 0 Å². The summed E-state index contributed by atoms with van der Waals surface area (Å²) in [6.07, 6.45) is 4.59. The highest BCUT2D eigenvalue weighted by Gasteiger charge is 2.35. The van der Waals surface area contributed by atoms with Gasteiger partial charge in [-0.15, -0.1) is 0 Å². The van der Waals surface area contributed by atoms with Crippen LogP contribution in [0.4, 0.5) is 0 Å². The second-order valence-corrected chi connectivity index (χ2v) is 4.95. The van der Waals surface area contributed by atoms with Gasteiger partial charge in [-0.1, -0.05) is 40.5 Å². The lowest BCUT2D eigenvalue weighted by Crippen LogP contribution is -2.27. The van der Waals surface area contributed by atoms with Crippen LogP contribution in [-0.2, 0) is 9.59 Å². The molecule has 0 saturated carbocycles. The third-order valence-electron chi connectivity index (χ3n) is 3.95. The van der Waals surface area contributed by atoms with Crippen LogP contribution in [0.3, 0.4) is 0 Å². The predicted molar refractivity (Wildman–Crippen MR) is 75.1 cm³/mol. The first-order chi connectivity index (χ1) is 8.90. The van der Waals surface area contributed by atoms with E-state index in [2.05, 4.69) is 0 Å². The molecule has 0 amide bonds. The van der Waals surface area contributed by atoms with Crippen molar-refractivity contribution in [2.45, 2.75) is 66.2 Å².